The average molecular weight is 354 g/mol. The number of fused-ring (bicyclic) bond motifs is 1. The second-order valence-corrected chi connectivity index (χ2v) is 5.50. The lowest BCUT2D eigenvalue weighted by Gasteiger charge is -2.19. The highest BCUT2D eigenvalue weighted by Crippen LogP contribution is 2.29. The first-order valence-electron chi connectivity index (χ1n) is 6.61. The van der Waals surface area contributed by atoms with Gasteiger partial charge in [0.05, 0.1) is 12.2 Å². The van der Waals surface area contributed by atoms with Crippen molar-refractivity contribution in [1.29, 1.82) is 0 Å². The molecule has 1 N–H and O–H groups in total. The van der Waals surface area contributed by atoms with Crippen molar-refractivity contribution in [3.8, 4) is 5.75 Å². The lowest BCUT2D eigenvalue weighted by Crippen LogP contribution is -2.41. The Balaban J connectivity index is 2.08. The molecule has 1 aromatic rings. The molecule has 1 aliphatic heterocycles. The smallest absolute Gasteiger partial charge is 0.328 e. The summed E-state index contributed by atoms with van der Waals surface area (Å²) in [5.41, 5.74) is 1.29. The van der Waals surface area contributed by atoms with Crippen LogP contribution in [0, 0.1) is 0 Å². The molecule has 6 heteroatoms. The molecule has 0 fully saturated rings. The zero-order chi connectivity index (χ0) is 15.4. The zero-order valence-corrected chi connectivity index (χ0v) is 13.4. The molecule has 5 nitrogen and oxygen atoms in total. The van der Waals surface area contributed by atoms with Crippen molar-refractivity contribution in [1.82, 2.24) is 5.32 Å². The zero-order valence-electron chi connectivity index (χ0n) is 11.8. The number of hydrogen-bond acceptors (Lipinski definition) is 4. The molecular formula is C15H16BrNO4. The van der Waals surface area contributed by atoms with Crippen LogP contribution in [0.25, 0.3) is 6.08 Å². The van der Waals surface area contributed by atoms with Crippen molar-refractivity contribution in [2.24, 2.45) is 0 Å². The molecule has 1 atom stereocenters. The Hall–Kier alpha value is -1.82. The summed E-state index contributed by atoms with van der Waals surface area (Å²) in [7, 11) is 0. The van der Waals surface area contributed by atoms with Crippen molar-refractivity contribution in [2.45, 2.75) is 19.9 Å². The monoisotopic (exact) mass is 353 g/mol. The summed E-state index contributed by atoms with van der Waals surface area (Å²) in [6.07, 6.45) is 1.76. The maximum atomic E-state index is 12.1. The number of nitrogens with one attached hydrogen (secondary N) is 1. The van der Waals surface area contributed by atoms with Crippen LogP contribution in [0.3, 0.4) is 0 Å². The molecule has 1 aliphatic rings. The van der Waals surface area contributed by atoms with Gasteiger partial charge in [0.15, 0.2) is 0 Å². The molecule has 2 rings (SSSR count). The maximum absolute atomic E-state index is 12.1. The van der Waals surface area contributed by atoms with E-state index in [1.165, 1.54) is 0 Å². The van der Waals surface area contributed by atoms with Gasteiger partial charge in [-0.1, -0.05) is 15.9 Å². The lowest BCUT2D eigenvalue weighted by molar-refractivity contribution is -0.146. The summed E-state index contributed by atoms with van der Waals surface area (Å²) in [5, 5.41) is 2.61. The van der Waals surface area contributed by atoms with Crippen molar-refractivity contribution in [3.63, 3.8) is 0 Å². The number of esters is 1. The third-order valence-electron chi connectivity index (χ3n) is 2.96. The standard InChI is InChI=1S/C15H16BrNO4/c1-3-20-15(19)9(2)17-14(18)11-6-10-7-12(16)4-5-13(10)21-8-11/h4-7,9H,3,8H2,1-2H3,(H,17,18). The molecule has 1 aromatic carbocycles. The number of rotatable bonds is 4. The van der Waals surface area contributed by atoms with Crippen LogP contribution in [-0.4, -0.2) is 31.1 Å². The second kappa shape index (κ2) is 6.76. The van der Waals surface area contributed by atoms with Gasteiger partial charge in [-0.15, -0.1) is 0 Å². The molecule has 0 saturated heterocycles. The molecule has 0 aromatic heterocycles. The van der Waals surface area contributed by atoms with E-state index in [4.69, 9.17) is 9.47 Å². The van der Waals surface area contributed by atoms with Crippen molar-refractivity contribution < 1.29 is 19.1 Å². The van der Waals surface area contributed by atoms with Crippen LogP contribution in [0.2, 0.25) is 0 Å². The molecule has 0 saturated carbocycles. The minimum absolute atomic E-state index is 0.177. The van der Waals surface area contributed by atoms with Gasteiger partial charge >= 0.3 is 5.97 Å². The van der Waals surface area contributed by atoms with E-state index in [2.05, 4.69) is 21.2 Å². The third kappa shape index (κ3) is 3.85. The van der Waals surface area contributed by atoms with E-state index in [1.807, 2.05) is 18.2 Å². The molecule has 0 bridgehead atoms. The van der Waals surface area contributed by atoms with Crippen molar-refractivity contribution in [3.05, 3.63) is 33.8 Å². The van der Waals surface area contributed by atoms with E-state index in [9.17, 15) is 9.59 Å². The lowest BCUT2D eigenvalue weighted by atomic mass is 10.1. The SMILES string of the molecule is CCOC(=O)C(C)NC(=O)C1=Cc2cc(Br)ccc2OC1. The molecule has 21 heavy (non-hydrogen) atoms. The highest BCUT2D eigenvalue weighted by molar-refractivity contribution is 9.10. The van der Waals surface area contributed by atoms with Crippen LogP contribution >= 0.6 is 15.9 Å². The van der Waals surface area contributed by atoms with Crippen LogP contribution in [0.1, 0.15) is 19.4 Å². The summed E-state index contributed by atoms with van der Waals surface area (Å²) in [4.78, 5) is 23.6. The molecule has 0 aliphatic carbocycles. The Morgan fingerprint density at radius 3 is 2.95 bits per heavy atom. The van der Waals surface area contributed by atoms with Gasteiger partial charge in [-0.05, 0) is 38.1 Å². The van der Waals surface area contributed by atoms with E-state index in [-0.39, 0.29) is 19.1 Å². The largest absolute Gasteiger partial charge is 0.488 e. The topological polar surface area (TPSA) is 64.6 Å². The van der Waals surface area contributed by atoms with Gasteiger partial charge in [-0.25, -0.2) is 4.79 Å². The summed E-state index contributed by atoms with van der Waals surface area (Å²) in [6, 6.07) is 4.89. The molecule has 1 heterocycles. The molecular weight excluding hydrogens is 338 g/mol. The maximum Gasteiger partial charge on any atom is 0.328 e. The van der Waals surface area contributed by atoms with Crippen molar-refractivity contribution >= 4 is 33.9 Å². The van der Waals surface area contributed by atoms with E-state index in [0.717, 1.165) is 15.8 Å². The number of benzene rings is 1. The number of halogens is 1. The first kappa shape index (κ1) is 15.6. The molecule has 0 radical (unpaired) electrons. The van der Waals surface area contributed by atoms with Crippen LogP contribution in [0.4, 0.5) is 0 Å². The Morgan fingerprint density at radius 1 is 1.48 bits per heavy atom. The van der Waals surface area contributed by atoms with Crippen LogP contribution in [0.5, 0.6) is 5.75 Å². The molecule has 1 amide bonds. The normalized spacial score (nSPS) is 14.3. The minimum atomic E-state index is -0.692. The Labute approximate surface area is 131 Å². The predicted molar refractivity (Wildman–Crippen MR) is 81.9 cm³/mol. The molecule has 0 spiro atoms. The number of ether oxygens (including phenoxy) is 2. The van der Waals surface area contributed by atoms with E-state index in [1.54, 1.807) is 19.9 Å². The van der Waals surface area contributed by atoms with Crippen LogP contribution in [0.15, 0.2) is 28.2 Å². The number of carbonyl (C=O) groups is 2. The highest BCUT2D eigenvalue weighted by Gasteiger charge is 2.22. The molecule has 112 valence electrons. The predicted octanol–water partition coefficient (Wildman–Crippen LogP) is 2.29. The van der Waals surface area contributed by atoms with Gasteiger partial charge in [0.1, 0.15) is 18.4 Å². The van der Waals surface area contributed by atoms with Crippen LogP contribution < -0.4 is 10.1 Å². The minimum Gasteiger partial charge on any atom is -0.488 e. The van der Waals surface area contributed by atoms with Gasteiger partial charge in [0.25, 0.3) is 5.91 Å². The Kier molecular flexibility index (Phi) is 5.01. The van der Waals surface area contributed by atoms with E-state index in [0.29, 0.717) is 5.57 Å². The van der Waals surface area contributed by atoms with Gasteiger partial charge < -0.3 is 14.8 Å². The third-order valence-corrected chi connectivity index (χ3v) is 3.46. The second-order valence-electron chi connectivity index (χ2n) is 4.59. The molecule has 1 unspecified atom stereocenters. The fourth-order valence-electron chi connectivity index (χ4n) is 1.90. The van der Waals surface area contributed by atoms with Gasteiger partial charge in [-0.2, -0.15) is 0 Å². The Bertz CT molecular complexity index is 597. The highest BCUT2D eigenvalue weighted by atomic mass is 79.9. The summed E-state index contributed by atoms with van der Waals surface area (Å²) < 4.78 is 11.3. The number of amides is 1. The van der Waals surface area contributed by atoms with E-state index >= 15 is 0 Å². The number of carbonyl (C=O) groups excluding carboxylic acids is 2. The van der Waals surface area contributed by atoms with Gasteiger partial charge in [0.2, 0.25) is 0 Å². The fourth-order valence-corrected chi connectivity index (χ4v) is 2.27. The summed E-state index contributed by atoms with van der Waals surface area (Å²) >= 11 is 3.38. The number of hydrogen-bond donors (Lipinski definition) is 1. The van der Waals surface area contributed by atoms with Gasteiger partial charge in [0, 0.05) is 10.0 Å². The Morgan fingerprint density at radius 2 is 2.24 bits per heavy atom. The first-order chi connectivity index (χ1) is 10.0. The average Bonchev–Trinajstić information content (AvgIpc) is 2.46. The summed E-state index contributed by atoms with van der Waals surface area (Å²) in [5.74, 6) is -0.0549. The summed E-state index contributed by atoms with van der Waals surface area (Å²) in [6.45, 7) is 3.77. The van der Waals surface area contributed by atoms with Crippen molar-refractivity contribution in [2.75, 3.05) is 13.2 Å². The fraction of sp³-hybridized carbons (Fsp3) is 0.333. The quantitative estimate of drug-likeness (QED) is 0.843. The van der Waals surface area contributed by atoms with Gasteiger partial charge in [-0.3, -0.25) is 4.79 Å². The van der Waals surface area contributed by atoms with E-state index < -0.39 is 12.0 Å². The first-order valence-corrected chi connectivity index (χ1v) is 7.41. The van der Waals surface area contributed by atoms with Crippen LogP contribution in [-0.2, 0) is 14.3 Å².